The molecular formula is C19H18F2N4O4. The third-order valence-corrected chi connectivity index (χ3v) is 4.41. The lowest BCUT2D eigenvalue weighted by Crippen LogP contribution is -2.52. The van der Waals surface area contributed by atoms with E-state index < -0.39 is 29.0 Å². The number of carbonyl (C=O) groups excluding carboxylic acids is 3. The maximum atomic E-state index is 13.2. The number of benzene rings is 1. The van der Waals surface area contributed by atoms with E-state index in [2.05, 4.69) is 15.6 Å². The zero-order valence-electron chi connectivity index (χ0n) is 15.4. The van der Waals surface area contributed by atoms with Crippen LogP contribution in [0.2, 0.25) is 0 Å². The summed E-state index contributed by atoms with van der Waals surface area (Å²) in [6, 6.07) is 5.79. The summed E-state index contributed by atoms with van der Waals surface area (Å²) >= 11 is 0. The van der Waals surface area contributed by atoms with Gasteiger partial charge in [-0.2, -0.15) is 0 Å². The largest absolute Gasteiger partial charge is 0.372 e. The number of carbonyl (C=O) groups is 3. The second-order valence-electron chi connectivity index (χ2n) is 6.61. The first-order valence-corrected chi connectivity index (χ1v) is 8.70. The van der Waals surface area contributed by atoms with Gasteiger partial charge in [0.2, 0.25) is 11.5 Å². The first kappa shape index (κ1) is 20.3. The maximum Gasteiger partial charge on any atom is 0.268 e. The smallest absolute Gasteiger partial charge is 0.268 e. The molecule has 1 aromatic heterocycles. The molecule has 2 heterocycles. The molecule has 1 aliphatic heterocycles. The van der Waals surface area contributed by atoms with E-state index >= 15 is 0 Å². The lowest BCUT2D eigenvalue weighted by Gasteiger charge is -2.21. The number of pyridine rings is 1. The molecule has 1 atom stereocenters. The molecule has 10 heteroatoms. The van der Waals surface area contributed by atoms with Crippen molar-refractivity contribution in [1.82, 2.24) is 10.3 Å². The highest BCUT2D eigenvalue weighted by Gasteiger charge is 2.51. The van der Waals surface area contributed by atoms with Crippen molar-refractivity contribution in [3.63, 3.8) is 0 Å². The molecule has 0 aliphatic carbocycles. The molecule has 3 rings (SSSR count). The van der Waals surface area contributed by atoms with Crippen LogP contribution in [-0.2, 0) is 20.9 Å². The molecule has 8 nitrogen and oxygen atoms in total. The predicted octanol–water partition coefficient (Wildman–Crippen LogP) is 1.10. The number of hydrogen-bond donors (Lipinski definition) is 3. The normalized spacial score (nSPS) is 18.6. The Balaban J connectivity index is 1.68. The molecule has 1 aliphatic rings. The summed E-state index contributed by atoms with van der Waals surface area (Å²) in [6.45, 7) is 1.14. The molecule has 2 aromatic rings. The number of amides is 3. The van der Waals surface area contributed by atoms with Gasteiger partial charge in [0.05, 0.1) is 11.9 Å². The van der Waals surface area contributed by atoms with Crippen molar-refractivity contribution < 1.29 is 28.3 Å². The van der Waals surface area contributed by atoms with Crippen LogP contribution in [0.4, 0.5) is 20.3 Å². The van der Waals surface area contributed by atoms with Crippen molar-refractivity contribution in [2.45, 2.75) is 25.5 Å². The van der Waals surface area contributed by atoms with Gasteiger partial charge in [0.1, 0.15) is 17.5 Å². The van der Waals surface area contributed by atoms with Crippen LogP contribution in [0.5, 0.6) is 0 Å². The topological polar surface area (TPSA) is 112 Å². The number of hydrogen-bond acceptors (Lipinski definition) is 5. The molecule has 0 spiro atoms. The van der Waals surface area contributed by atoms with Gasteiger partial charge >= 0.3 is 0 Å². The molecule has 29 heavy (non-hydrogen) atoms. The van der Waals surface area contributed by atoms with Crippen molar-refractivity contribution in [2.75, 3.05) is 16.8 Å². The van der Waals surface area contributed by atoms with Gasteiger partial charge in [-0.25, -0.2) is 13.8 Å². The number of rotatable bonds is 5. The minimum absolute atomic E-state index is 0.0680. The second-order valence-corrected chi connectivity index (χ2v) is 6.61. The molecule has 3 N–H and O–H groups in total. The van der Waals surface area contributed by atoms with Crippen LogP contribution in [0.15, 0.2) is 36.5 Å². The summed E-state index contributed by atoms with van der Waals surface area (Å²) in [5.41, 5.74) is -1.80. The third-order valence-electron chi connectivity index (χ3n) is 4.41. The van der Waals surface area contributed by atoms with Gasteiger partial charge in [0.15, 0.2) is 0 Å². The van der Waals surface area contributed by atoms with E-state index in [0.29, 0.717) is 17.6 Å². The second kappa shape index (κ2) is 7.92. The first-order chi connectivity index (χ1) is 13.7. The first-order valence-electron chi connectivity index (χ1n) is 8.70. The average Bonchev–Trinajstić information content (AvgIpc) is 2.95. The van der Waals surface area contributed by atoms with Gasteiger partial charge < -0.3 is 20.6 Å². The van der Waals surface area contributed by atoms with Gasteiger partial charge in [-0.05, 0) is 29.8 Å². The quantitative estimate of drug-likeness (QED) is 0.647. The number of nitrogens with zero attached hydrogens (tertiary/aromatic N) is 2. The van der Waals surface area contributed by atoms with Crippen LogP contribution < -0.4 is 15.5 Å². The van der Waals surface area contributed by atoms with Gasteiger partial charge in [-0.15, -0.1) is 0 Å². The molecular weight excluding hydrogens is 386 g/mol. The maximum absolute atomic E-state index is 13.2. The highest BCUT2D eigenvalue weighted by atomic mass is 19.1. The van der Waals surface area contributed by atoms with E-state index in [9.17, 15) is 28.3 Å². The molecule has 0 radical (unpaired) electrons. The minimum atomic E-state index is -2.30. The Hall–Kier alpha value is -3.40. The van der Waals surface area contributed by atoms with Crippen molar-refractivity contribution in [3.05, 3.63) is 53.7 Å². The highest BCUT2D eigenvalue weighted by molar-refractivity contribution is 6.16. The van der Waals surface area contributed by atoms with Crippen LogP contribution in [0.3, 0.4) is 0 Å². The predicted molar refractivity (Wildman–Crippen MR) is 98.7 cm³/mol. The SMILES string of the molecule is CC(=O)Nc1ccc(N2CCC(O)(C(=O)NCc3cc(F)cc(F)c3)C2=O)cn1. The average molecular weight is 404 g/mol. The van der Waals surface area contributed by atoms with E-state index in [-0.39, 0.29) is 31.0 Å². The molecule has 0 bridgehead atoms. The molecule has 1 aromatic carbocycles. The van der Waals surface area contributed by atoms with E-state index in [4.69, 9.17) is 0 Å². The fourth-order valence-electron chi connectivity index (χ4n) is 3.00. The highest BCUT2D eigenvalue weighted by Crippen LogP contribution is 2.28. The molecule has 3 amide bonds. The summed E-state index contributed by atoms with van der Waals surface area (Å²) in [5, 5.41) is 15.4. The number of aliphatic hydroxyl groups is 1. The Kier molecular flexibility index (Phi) is 5.55. The summed E-state index contributed by atoms with van der Waals surface area (Å²) in [6.07, 6.45) is 1.17. The Morgan fingerprint density at radius 1 is 1.24 bits per heavy atom. The Bertz CT molecular complexity index is 947. The summed E-state index contributed by atoms with van der Waals surface area (Å²) in [4.78, 5) is 41.3. The van der Waals surface area contributed by atoms with Crippen LogP contribution in [0.25, 0.3) is 0 Å². The summed E-state index contributed by atoms with van der Waals surface area (Å²) in [5.74, 6) is -3.40. The van der Waals surface area contributed by atoms with Gasteiger partial charge in [-0.3, -0.25) is 14.4 Å². The Morgan fingerprint density at radius 2 is 1.93 bits per heavy atom. The molecule has 1 unspecified atom stereocenters. The van der Waals surface area contributed by atoms with E-state index in [1.54, 1.807) is 0 Å². The Morgan fingerprint density at radius 3 is 2.52 bits per heavy atom. The molecule has 1 saturated heterocycles. The van der Waals surface area contributed by atoms with Crippen molar-refractivity contribution >= 4 is 29.2 Å². The van der Waals surface area contributed by atoms with Crippen LogP contribution >= 0.6 is 0 Å². The van der Waals surface area contributed by atoms with E-state index in [0.717, 1.165) is 12.1 Å². The number of anilines is 2. The van der Waals surface area contributed by atoms with Gasteiger partial charge in [-0.1, -0.05) is 0 Å². The standard InChI is InChI=1S/C19H18F2N4O4/c1-11(26)24-16-3-2-15(10-22-16)25-5-4-19(29,18(25)28)17(27)23-9-12-6-13(20)8-14(21)7-12/h2-3,6-8,10,29H,4-5,9H2,1H3,(H,23,27)(H,22,24,26). The Labute approximate surface area is 164 Å². The number of halogens is 2. The zero-order chi connectivity index (χ0) is 21.2. The minimum Gasteiger partial charge on any atom is -0.372 e. The monoisotopic (exact) mass is 404 g/mol. The lowest BCUT2D eigenvalue weighted by atomic mass is 10.0. The number of aromatic nitrogens is 1. The van der Waals surface area contributed by atoms with Crippen molar-refractivity contribution in [3.8, 4) is 0 Å². The van der Waals surface area contributed by atoms with Crippen LogP contribution in [0, 0.1) is 11.6 Å². The zero-order valence-corrected chi connectivity index (χ0v) is 15.4. The molecule has 0 saturated carbocycles. The van der Waals surface area contributed by atoms with Crippen molar-refractivity contribution in [2.24, 2.45) is 0 Å². The van der Waals surface area contributed by atoms with Gasteiger partial charge in [0, 0.05) is 32.5 Å². The fourth-order valence-corrected chi connectivity index (χ4v) is 3.00. The van der Waals surface area contributed by atoms with Crippen molar-refractivity contribution in [1.29, 1.82) is 0 Å². The van der Waals surface area contributed by atoms with Crippen LogP contribution in [0.1, 0.15) is 18.9 Å². The molecule has 1 fully saturated rings. The lowest BCUT2D eigenvalue weighted by molar-refractivity contribution is -0.149. The number of nitrogens with one attached hydrogen (secondary N) is 2. The van der Waals surface area contributed by atoms with E-state index in [1.807, 2.05) is 0 Å². The summed E-state index contributed by atoms with van der Waals surface area (Å²) in [7, 11) is 0. The molecule has 152 valence electrons. The van der Waals surface area contributed by atoms with E-state index in [1.165, 1.54) is 30.2 Å². The van der Waals surface area contributed by atoms with Crippen LogP contribution in [-0.4, -0.2) is 40.0 Å². The fraction of sp³-hybridized carbons (Fsp3) is 0.263. The third kappa shape index (κ3) is 4.37. The summed E-state index contributed by atoms with van der Waals surface area (Å²) < 4.78 is 26.5. The van der Waals surface area contributed by atoms with Gasteiger partial charge in [0.25, 0.3) is 11.8 Å².